The molecule has 0 bridgehead atoms. The molecule has 0 spiro atoms. The molecule has 0 fully saturated rings. The van der Waals surface area contributed by atoms with E-state index in [1.54, 1.807) is 0 Å². The Morgan fingerprint density at radius 2 is 1.41 bits per heavy atom. The average Bonchev–Trinajstić information content (AvgIpc) is 2.71. The average molecular weight is 410 g/mol. The van der Waals surface area contributed by atoms with Crippen molar-refractivity contribution in [3.05, 3.63) is 47.5 Å². The molecule has 7 nitrogen and oxygen atoms in total. The first-order valence-electron chi connectivity index (χ1n) is 8.40. The molecular formula is C20H20F2O7. The van der Waals surface area contributed by atoms with Gasteiger partial charge in [-0.15, -0.1) is 0 Å². The Bertz CT molecular complexity index is 841. The van der Waals surface area contributed by atoms with E-state index in [0.29, 0.717) is 5.75 Å². The molecule has 2 aromatic carbocycles. The van der Waals surface area contributed by atoms with Crippen LogP contribution in [-0.2, 0) is 4.74 Å². The Balaban J connectivity index is 2.14. The van der Waals surface area contributed by atoms with Gasteiger partial charge in [-0.2, -0.15) is 8.78 Å². The molecule has 0 aliphatic heterocycles. The summed E-state index contributed by atoms with van der Waals surface area (Å²) in [5.74, 6) is -0.544. The monoisotopic (exact) mass is 410 g/mol. The first-order chi connectivity index (χ1) is 13.8. The topological polar surface area (TPSA) is 80.3 Å². The molecule has 0 aliphatic rings. The minimum atomic E-state index is -2.96. The SMILES string of the molecule is COc1cc(C(=O)O[C@H](C)C(=O)c2ccc(OC(F)F)cc2)cc(OC)c1OC. The summed E-state index contributed by atoms with van der Waals surface area (Å²) < 4.78 is 49.4. The highest BCUT2D eigenvalue weighted by molar-refractivity contribution is 6.01. The normalized spacial score (nSPS) is 11.6. The number of Topliss-reactive ketones (excluding diaryl/α,β-unsaturated/α-hetero) is 1. The molecule has 0 aliphatic carbocycles. The smallest absolute Gasteiger partial charge is 0.387 e. The van der Waals surface area contributed by atoms with Gasteiger partial charge in [0.25, 0.3) is 0 Å². The lowest BCUT2D eigenvalue weighted by atomic mass is 10.1. The maximum absolute atomic E-state index is 12.5. The number of carbonyl (C=O) groups excluding carboxylic acids is 2. The quantitative estimate of drug-likeness (QED) is 0.460. The van der Waals surface area contributed by atoms with Gasteiger partial charge >= 0.3 is 12.6 Å². The lowest BCUT2D eigenvalue weighted by Gasteiger charge is -2.16. The fourth-order valence-electron chi connectivity index (χ4n) is 2.52. The van der Waals surface area contributed by atoms with Gasteiger partial charge in [-0.25, -0.2) is 4.79 Å². The van der Waals surface area contributed by atoms with Gasteiger partial charge in [0.1, 0.15) is 5.75 Å². The summed E-state index contributed by atoms with van der Waals surface area (Å²) in [5.41, 5.74) is 0.275. The predicted octanol–water partition coefficient (Wildman–Crippen LogP) is 3.74. The van der Waals surface area contributed by atoms with E-state index in [4.69, 9.17) is 18.9 Å². The van der Waals surface area contributed by atoms with Crippen LogP contribution in [-0.4, -0.2) is 45.8 Å². The number of alkyl halides is 2. The van der Waals surface area contributed by atoms with Crippen molar-refractivity contribution in [3.63, 3.8) is 0 Å². The Kier molecular flexibility index (Phi) is 7.35. The molecule has 0 amide bonds. The Hall–Kier alpha value is -3.36. The van der Waals surface area contributed by atoms with Crippen molar-refractivity contribution in [2.45, 2.75) is 19.6 Å². The van der Waals surface area contributed by atoms with Gasteiger partial charge < -0.3 is 23.7 Å². The standard InChI is InChI=1S/C20H20F2O7/c1-11(17(23)12-5-7-14(8-6-12)29-20(21)22)28-19(24)13-9-15(25-2)18(27-4)16(10-13)26-3/h5-11,20H,1-4H3/t11-/m1/s1. The van der Waals surface area contributed by atoms with Crippen LogP contribution in [0.3, 0.4) is 0 Å². The molecule has 0 aromatic heterocycles. The number of ether oxygens (including phenoxy) is 5. The molecule has 0 unspecified atom stereocenters. The minimum absolute atomic E-state index is 0.0846. The Labute approximate surface area is 166 Å². The van der Waals surface area contributed by atoms with E-state index >= 15 is 0 Å². The van der Waals surface area contributed by atoms with Crippen LogP contribution in [0.15, 0.2) is 36.4 Å². The Morgan fingerprint density at radius 3 is 1.86 bits per heavy atom. The van der Waals surface area contributed by atoms with Crippen LogP contribution in [0.1, 0.15) is 27.6 Å². The molecule has 29 heavy (non-hydrogen) atoms. The van der Waals surface area contributed by atoms with Crippen LogP contribution in [0.2, 0.25) is 0 Å². The third-order valence-corrected chi connectivity index (χ3v) is 3.92. The number of ketones is 1. The molecule has 0 N–H and O–H groups in total. The van der Waals surface area contributed by atoms with Crippen LogP contribution in [0.5, 0.6) is 23.0 Å². The fraction of sp³-hybridized carbons (Fsp3) is 0.300. The van der Waals surface area contributed by atoms with Gasteiger partial charge in [0.15, 0.2) is 17.6 Å². The number of rotatable bonds is 9. The van der Waals surface area contributed by atoms with Crippen LogP contribution >= 0.6 is 0 Å². The molecule has 156 valence electrons. The van der Waals surface area contributed by atoms with Crippen molar-refractivity contribution in [1.29, 1.82) is 0 Å². The van der Waals surface area contributed by atoms with Crippen molar-refractivity contribution >= 4 is 11.8 Å². The maximum atomic E-state index is 12.5. The highest BCUT2D eigenvalue weighted by Crippen LogP contribution is 2.38. The van der Waals surface area contributed by atoms with Crippen molar-refractivity contribution in [1.82, 2.24) is 0 Å². The number of hydrogen-bond acceptors (Lipinski definition) is 7. The minimum Gasteiger partial charge on any atom is -0.493 e. The second-order valence-corrected chi connectivity index (χ2v) is 5.73. The summed E-state index contributed by atoms with van der Waals surface area (Å²) in [6.07, 6.45) is -1.12. The largest absolute Gasteiger partial charge is 0.493 e. The Morgan fingerprint density at radius 1 is 0.862 bits per heavy atom. The molecule has 0 heterocycles. The number of carbonyl (C=O) groups is 2. The van der Waals surface area contributed by atoms with Crippen LogP contribution in [0.25, 0.3) is 0 Å². The van der Waals surface area contributed by atoms with Crippen LogP contribution in [0.4, 0.5) is 8.78 Å². The molecule has 2 aromatic rings. The van der Waals surface area contributed by atoms with E-state index < -0.39 is 24.5 Å². The van der Waals surface area contributed by atoms with E-state index in [1.165, 1.54) is 64.7 Å². The van der Waals surface area contributed by atoms with Gasteiger partial charge in [0.05, 0.1) is 26.9 Å². The second kappa shape index (κ2) is 9.72. The van der Waals surface area contributed by atoms with Crippen molar-refractivity contribution in [3.8, 4) is 23.0 Å². The lowest BCUT2D eigenvalue weighted by Crippen LogP contribution is -2.24. The van der Waals surface area contributed by atoms with E-state index in [-0.39, 0.29) is 28.4 Å². The molecule has 2 rings (SSSR count). The second-order valence-electron chi connectivity index (χ2n) is 5.73. The van der Waals surface area contributed by atoms with E-state index in [2.05, 4.69) is 4.74 Å². The third-order valence-electron chi connectivity index (χ3n) is 3.92. The highest BCUT2D eigenvalue weighted by Gasteiger charge is 2.23. The highest BCUT2D eigenvalue weighted by atomic mass is 19.3. The molecular weight excluding hydrogens is 390 g/mol. The first kappa shape index (κ1) is 21.9. The van der Waals surface area contributed by atoms with Crippen molar-refractivity contribution in [2.75, 3.05) is 21.3 Å². The summed E-state index contributed by atoms with van der Waals surface area (Å²) in [7, 11) is 4.23. The molecule has 1 atom stereocenters. The number of hydrogen-bond donors (Lipinski definition) is 0. The summed E-state index contributed by atoms with van der Waals surface area (Å²) >= 11 is 0. The van der Waals surface area contributed by atoms with Crippen LogP contribution < -0.4 is 18.9 Å². The van der Waals surface area contributed by atoms with Gasteiger partial charge in [0, 0.05) is 5.56 Å². The zero-order chi connectivity index (χ0) is 21.6. The summed E-state index contributed by atoms with van der Waals surface area (Å²) in [5, 5.41) is 0. The number of halogens is 2. The predicted molar refractivity (Wildman–Crippen MR) is 98.4 cm³/mol. The number of benzene rings is 2. The third kappa shape index (κ3) is 5.34. The summed E-state index contributed by atoms with van der Waals surface area (Å²) in [6, 6.07) is 7.88. The van der Waals surface area contributed by atoms with Gasteiger partial charge in [-0.3, -0.25) is 4.79 Å². The molecule has 9 heteroatoms. The molecule has 0 saturated carbocycles. The van der Waals surface area contributed by atoms with Crippen LogP contribution in [0, 0.1) is 0 Å². The molecule has 0 radical (unpaired) electrons. The van der Waals surface area contributed by atoms with Gasteiger partial charge in [-0.1, -0.05) is 0 Å². The zero-order valence-corrected chi connectivity index (χ0v) is 16.2. The number of methoxy groups -OCH3 is 3. The van der Waals surface area contributed by atoms with Crippen molar-refractivity contribution < 1.29 is 42.1 Å². The van der Waals surface area contributed by atoms with Gasteiger partial charge in [-0.05, 0) is 43.3 Å². The van der Waals surface area contributed by atoms with Gasteiger partial charge in [0.2, 0.25) is 11.5 Å². The summed E-state index contributed by atoms with van der Waals surface area (Å²) in [4.78, 5) is 24.9. The first-order valence-corrected chi connectivity index (χ1v) is 8.40. The van der Waals surface area contributed by atoms with E-state index in [1.807, 2.05) is 0 Å². The lowest BCUT2D eigenvalue weighted by molar-refractivity contribution is -0.0498. The fourth-order valence-corrected chi connectivity index (χ4v) is 2.52. The number of esters is 1. The zero-order valence-electron chi connectivity index (χ0n) is 16.2. The van der Waals surface area contributed by atoms with E-state index in [0.717, 1.165) is 0 Å². The maximum Gasteiger partial charge on any atom is 0.387 e. The van der Waals surface area contributed by atoms with E-state index in [9.17, 15) is 18.4 Å². The van der Waals surface area contributed by atoms with Crippen molar-refractivity contribution in [2.24, 2.45) is 0 Å². The summed E-state index contributed by atoms with van der Waals surface area (Å²) in [6.45, 7) is -1.56. The molecule has 0 saturated heterocycles.